The Balaban J connectivity index is 2.16. The van der Waals surface area contributed by atoms with Gasteiger partial charge in [0.1, 0.15) is 0 Å². The monoisotopic (exact) mass is 253 g/mol. The Labute approximate surface area is 106 Å². The summed E-state index contributed by atoms with van der Waals surface area (Å²) in [4.78, 5) is 14.2. The molecule has 1 amide bonds. The third kappa shape index (κ3) is 2.94. The molecule has 17 heavy (non-hydrogen) atoms. The number of halogens is 1. The minimum absolute atomic E-state index is 0.0208. The van der Waals surface area contributed by atoms with Crippen LogP contribution in [0.3, 0.4) is 0 Å². The van der Waals surface area contributed by atoms with E-state index in [1.807, 2.05) is 4.90 Å². The van der Waals surface area contributed by atoms with E-state index in [4.69, 9.17) is 11.6 Å². The molecule has 92 valence electrons. The lowest BCUT2D eigenvalue weighted by atomic mass is 10.1. The number of amides is 1. The van der Waals surface area contributed by atoms with Gasteiger partial charge in [0.05, 0.1) is 18.0 Å². The predicted octanol–water partition coefficient (Wildman–Crippen LogP) is 2.10. The van der Waals surface area contributed by atoms with Crippen molar-refractivity contribution < 1.29 is 4.79 Å². The minimum Gasteiger partial charge on any atom is -0.334 e. The molecule has 1 fully saturated rings. The van der Waals surface area contributed by atoms with Crippen LogP contribution in [0.1, 0.15) is 36.0 Å². The second-order valence-corrected chi connectivity index (χ2v) is 4.60. The van der Waals surface area contributed by atoms with Crippen LogP contribution in [0.2, 0.25) is 0 Å². The fraction of sp³-hybridized carbons (Fsp3) is 0.583. The van der Waals surface area contributed by atoms with E-state index >= 15 is 0 Å². The number of alkyl halides is 1. The lowest BCUT2D eigenvalue weighted by molar-refractivity contribution is 0.0699. The van der Waals surface area contributed by atoms with Gasteiger partial charge in [0.25, 0.3) is 5.91 Å². The Morgan fingerprint density at radius 3 is 3.00 bits per heavy atom. The largest absolute Gasteiger partial charge is 0.334 e. The number of hydrogen-bond donors (Lipinski definition) is 0. The van der Waals surface area contributed by atoms with E-state index in [-0.39, 0.29) is 11.9 Å². The summed E-state index contributed by atoms with van der Waals surface area (Å²) in [6, 6.07) is 1.85. The van der Waals surface area contributed by atoms with Gasteiger partial charge < -0.3 is 4.90 Å². The van der Waals surface area contributed by atoms with Crippen molar-refractivity contribution in [3.8, 4) is 0 Å². The van der Waals surface area contributed by atoms with E-state index in [0.717, 1.165) is 25.8 Å². The fourth-order valence-electron chi connectivity index (χ4n) is 2.19. The Hall–Kier alpha value is -1.16. The van der Waals surface area contributed by atoms with Crippen LogP contribution in [0.15, 0.2) is 18.5 Å². The molecule has 0 radical (unpaired) electrons. The number of carbonyl (C=O) groups excluding carboxylic acids is 1. The Kier molecular flexibility index (Phi) is 4.31. The SMILES string of the molecule is O=C(c1ccnnc1)N1CCCCCC1CCl. The molecule has 1 saturated heterocycles. The van der Waals surface area contributed by atoms with Crippen molar-refractivity contribution >= 4 is 17.5 Å². The van der Waals surface area contributed by atoms with Crippen molar-refractivity contribution in [3.05, 3.63) is 24.0 Å². The summed E-state index contributed by atoms with van der Waals surface area (Å²) < 4.78 is 0. The van der Waals surface area contributed by atoms with E-state index in [1.54, 1.807) is 12.3 Å². The molecule has 0 saturated carbocycles. The van der Waals surface area contributed by atoms with Gasteiger partial charge >= 0.3 is 0 Å². The van der Waals surface area contributed by atoms with Crippen LogP contribution in [0.5, 0.6) is 0 Å². The summed E-state index contributed by atoms with van der Waals surface area (Å²) in [6.07, 6.45) is 7.42. The van der Waals surface area contributed by atoms with Crippen molar-refractivity contribution in [2.24, 2.45) is 0 Å². The highest BCUT2D eigenvalue weighted by molar-refractivity contribution is 6.18. The van der Waals surface area contributed by atoms with Gasteiger partial charge in [-0.15, -0.1) is 11.6 Å². The Bertz CT molecular complexity index is 371. The van der Waals surface area contributed by atoms with Gasteiger partial charge in [0, 0.05) is 18.5 Å². The maximum Gasteiger partial charge on any atom is 0.255 e. The van der Waals surface area contributed by atoms with Gasteiger partial charge in [-0.1, -0.05) is 12.8 Å². The summed E-state index contributed by atoms with van der Waals surface area (Å²) >= 11 is 5.96. The molecule has 1 aromatic heterocycles. The highest BCUT2D eigenvalue weighted by Crippen LogP contribution is 2.19. The predicted molar refractivity (Wildman–Crippen MR) is 66.0 cm³/mol. The molecule has 1 unspecified atom stereocenters. The highest BCUT2D eigenvalue weighted by Gasteiger charge is 2.25. The second-order valence-electron chi connectivity index (χ2n) is 4.29. The number of aromatic nitrogens is 2. The van der Waals surface area contributed by atoms with E-state index in [1.165, 1.54) is 12.6 Å². The standard InChI is InChI=1S/C12H16ClN3O/c13-8-11-4-2-1-3-7-16(11)12(17)10-5-6-14-15-9-10/h5-6,9,11H,1-4,7-8H2. The van der Waals surface area contributed by atoms with Crippen LogP contribution < -0.4 is 0 Å². The summed E-state index contributed by atoms with van der Waals surface area (Å²) in [5.74, 6) is 0.525. The third-order valence-corrected chi connectivity index (χ3v) is 3.50. The molecule has 0 aromatic carbocycles. The summed E-state index contributed by atoms with van der Waals surface area (Å²) in [7, 11) is 0. The average Bonchev–Trinajstić information content (AvgIpc) is 2.64. The maximum absolute atomic E-state index is 12.3. The average molecular weight is 254 g/mol. The number of hydrogen-bond acceptors (Lipinski definition) is 3. The molecule has 1 aromatic rings. The summed E-state index contributed by atoms with van der Waals surface area (Å²) in [6.45, 7) is 0.790. The normalized spacial score (nSPS) is 21.0. The van der Waals surface area contributed by atoms with Crippen molar-refractivity contribution in [2.75, 3.05) is 12.4 Å². The number of likely N-dealkylation sites (tertiary alicyclic amines) is 1. The molecule has 4 nitrogen and oxygen atoms in total. The van der Waals surface area contributed by atoms with Crippen LogP contribution in [0.4, 0.5) is 0 Å². The van der Waals surface area contributed by atoms with Crippen LogP contribution in [-0.2, 0) is 0 Å². The smallest absolute Gasteiger partial charge is 0.255 e. The van der Waals surface area contributed by atoms with Crippen LogP contribution in [-0.4, -0.2) is 39.5 Å². The first kappa shape index (κ1) is 12.3. The molecular formula is C12H16ClN3O. The molecule has 2 rings (SSSR count). The quantitative estimate of drug-likeness (QED) is 0.759. The number of rotatable bonds is 2. The molecule has 0 bridgehead atoms. The maximum atomic E-state index is 12.3. The van der Waals surface area contributed by atoms with Crippen molar-refractivity contribution in [3.63, 3.8) is 0 Å². The third-order valence-electron chi connectivity index (χ3n) is 3.15. The molecule has 0 N–H and O–H groups in total. The summed E-state index contributed by atoms with van der Waals surface area (Å²) in [5.41, 5.74) is 0.594. The van der Waals surface area contributed by atoms with E-state index in [9.17, 15) is 4.79 Å². The van der Waals surface area contributed by atoms with Crippen molar-refractivity contribution in [1.82, 2.24) is 15.1 Å². The molecule has 5 heteroatoms. The zero-order chi connectivity index (χ0) is 12.1. The van der Waals surface area contributed by atoms with E-state index in [2.05, 4.69) is 10.2 Å². The van der Waals surface area contributed by atoms with Crippen molar-refractivity contribution in [2.45, 2.75) is 31.7 Å². The molecule has 1 aliphatic rings. The number of nitrogens with zero attached hydrogens (tertiary/aromatic N) is 3. The topological polar surface area (TPSA) is 46.1 Å². The van der Waals surface area contributed by atoms with Gasteiger partial charge in [0.2, 0.25) is 0 Å². The van der Waals surface area contributed by atoms with Gasteiger partial charge in [-0.25, -0.2) is 0 Å². The fourth-order valence-corrected chi connectivity index (χ4v) is 2.51. The lowest BCUT2D eigenvalue weighted by Crippen LogP contribution is -2.41. The zero-order valence-corrected chi connectivity index (χ0v) is 10.4. The first-order chi connectivity index (χ1) is 8.33. The molecule has 0 spiro atoms. The van der Waals surface area contributed by atoms with Crippen molar-refractivity contribution in [1.29, 1.82) is 0 Å². The highest BCUT2D eigenvalue weighted by atomic mass is 35.5. The second kappa shape index (κ2) is 5.96. The van der Waals surface area contributed by atoms with E-state index < -0.39 is 0 Å². The van der Waals surface area contributed by atoms with Crippen LogP contribution >= 0.6 is 11.6 Å². The van der Waals surface area contributed by atoms with Gasteiger partial charge in [-0.2, -0.15) is 10.2 Å². The minimum atomic E-state index is 0.0208. The lowest BCUT2D eigenvalue weighted by Gasteiger charge is -2.28. The van der Waals surface area contributed by atoms with Gasteiger partial charge in [-0.05, 0) is 18.9 Å². The number of carbonyl (C=O) groups is 1. The first-order valence-electron chi connectivity index (χ1n) is 5.96. The van der Waals surface area contributed by atoms with Crippen LogP contribution in [0, 0.1) is 0 Å². The first-order valence-corrected chi connectivity index (χ1v) is 6.50. The Morgan fingerprint density at radius 1 is 1.41 bits per heavy atom. The molecule has 1 atom stereocenters. The molecule has 0 aliphatic carbocycles. The molecule has 1 aliphatic heterocycles. The molecule has 2 heterocycles. The van der Waals surface area contributed by atoms with Crippen LogP contribution in [0.25, 0.3) is 0 Å². The van der Waals surface area contributed by atoms with Gasteiger partial charge in [0.15, 0.2) is 0 Å². The molecular weight excluding hydrogens is 238 g/mol. The van der Waals surface area contributed by atoms with Gasteiger partial charge in [-0.3, -0.25) is 4.79 Å². The Morgan fingerprint density at radius 2 is 2.29 bits per heavy atom. The van der Waals surface area contributed by atoms with E-state index in [0.29, 0.717) is 11.4 Å². The zero-order valence-electron chi connectivity index (χ0n) is 9.68. The summed E-state index contributed by atoms with van der Waals surface area (Å²) in [5, 5.41) is 7.43.